The van der Waals surface area contributed by atoms with Crippen molar-refractivity contribution in [1.82, 2.24) is 4.57 Å². The van der Waals surface area contributed by atoms with Gasteiger partial charge in [-0.15, -0.1) is 0 Å². The number of rotatable bonds is 5. The van der Waals surface area contributed by atoms with Crippen LogP contribution in [0.2, 0.25) is 0 Å². The van der Waals surface area contributed by atoms with Crippen LogP contribution in [0.15, 0.2) is 230 Å². The van der Waals surface area contributed by atoms with Gasteiger partial charge in [0, 0.05) is 33.2 Å². The zero-order chi connectivity index (χ0) is 44.4. The maximum Gasteiger partial charge on any atom is 0.0725 e. The number of para-hydroxylation sites is 2. The van der Waals surface area contributed by atoms with Gasteiger partial charge >= 0.3 is 0 Å². The molecule has 0 amide bonds. The van der Waals surface area contributed by atoms with E-state index < -0.39 is 5.41 Å². The predicted molar refractivity (Wildman–Crippen MR) is 255 cm³/mol. The van der Waals surface area contributed by atoms with Gasteiger partial charge in [0.05, 0.1) is 29.0 Å². The highest BCUT2D eigenvalue weighted by Crippen LogP contribution is 2.62. The van der Waals surface area contributed by atoms with Crippen molar-refractivity contribution in [2.45, 2.75) is 5.41 Å². The minimum atomic E-state index is -1.04. The quantitative estimate of drug-likeness (QED) is 0.169. The molecule has 2 aliphatic carbocycles. The lowest BCUT2D eigenvalue weighted by Gasteiger charge is -2.40. The monoisotopic (exact) mass is 779 g/mol. The Balaban J connectivity index is 1.17. The zero-order valence-electron chi connectivity index (χ0n) is 37.9. The van der Waals surface area contributed by atoms with Crippen molar-refractivity contribution in [2.24, 2.45) is 0 Å². The Labute approximate surface area is 361 Å². The second-order valence-electron chi connectivity index (χ2n) is 16.0. The van der Waals surface area contributed by atoms with Crippen LogP contribution < -0.4 is 4.90 Å². The summed E-state index contributed by atoms with van der Waals surface area (Å²) < 4.78 is 52.3. The molecule has 0 unspecified atom stereocenters. The largest absolute Gasteiger partial charge is 0.310 e. The van der Waals surface area contributed by atoms with Crippen molar-refractivity contribution in [2.75, 3.05) is 4.90 Å². The summed E-state index contributed by atoms with van der Waals surface area (Å²) in [7, 11) is 0. The minimum Gasteiger partial charge on any atom is -0.310 e. The summed E-state index contributed by atoms with van der Waals surface area (Å²) in [5, 5.41) is 3.00. The highest BCUT2D eigenvalue weighted by Gasteiger charge is 2.50. The van der Waals surface area contributed by atoms with Crippen molar-refractivity contribution >= 4 is 49.6 Å². The Bertz CT molecular complexity index is 3780. The van der Waals surface area contributed by atoms with Gasteiger partial charge in [-0.3, -0.25) is 0 Å². The molecule has 0 saturated carbocycles. The van der Waals surface area contributed by atoms with E-state index >= 15 is 0 Å². The summed E-state index contributed by atoms with van der Waals surface area (Å²) in [4.78, 5) is 2.01. The molecule has 11 aromatic rings. The van der Waals surface area contributed by atoms with Crippen LogP contribution in [0, 0.1) is 0 Å². The highest BCUT2D eigenvalue weighted by atomic mass is 15.1. The fourth-order valence-electron chi connectivity index (χ4n) is 10.5. The lowest BCUT2D eigenvalue weighted by atomic mass is 9.61. The smallest absolute Gasteiger partial charge is 0.0725 e. The van der Waals surface area contributed by atoms with Crippen molar-refractivity contribution in [3.05, 3.63) is 253 Å². The molecule has 0 bridgehead atoms. The Morgan fingerprint density at radius 3 is 1.66 bits per heavy atom. The second kappa shape index (κ2) is 13.0. The maximum absolute atomic E-state index is 10.5. The van der Waals surface area contributed by atoms with Crippen molar-refractivity contribution < 1.29 is 6.85 Å². The Hall–Kier alpha value is -7.94. The SMILES string of the molecule is [2H]c1c([2H])c2c3c(c([2H])c([2H])c(N(c4ccc(-c5ccccc5)cc4)c4ccc5c(c4)c4ccccc4n5-c4ccccc4)c3c1[2H])C1(c3ccccc3-c3ccccc31)c1ccccc1-2. The van der Waals surface area contributed by atoms with Gasteiger partial charge in [0.25, 0.3) is 0 Å². The number of hydrogen-bond donors (Lipinski definition) is 0. The minimum absolute atomic E-state index is 0.0175. The summed E-state index contributed by atoms with van der Waals surface area (Å²) in [6.07, 6.45) is 0. The van der Waals surface area contributed by atoms with Gasteiger partial charge in [-0.25, -0.2) is 0 Å². The van der Waals surface area contributed by atoms with Crippen LogP contribution in [0.3, 0.4) is 0 Å². The van der Waals surface area contributed by atoms with Gasteiger partial charge in [0.15, 0.2) is 0 Å². The normalized spacial score (nSPS) is 14.2. The van der Waals surface area contributed by atoms with E-state index in [9.17, 15) is 6.85 Å². The van der Waals surface area contributed by atoms with Crippen molar-refractivity contribution in [3.8, 4) is 39.1 Å². The van der Waals surface area contributed by atoms with E-state index in [0.29, 0.717) is 27.6 Å². The molecule has 284 valence electrons. The number of aromatic nitrogens is 1. The fraction of sp³-hybridized carbons (Fsp3) is 0.0169. The molecule has 1 spiro atoms. The molecule has 1 heterocycles. The first-order valence-electron chi connectivity index (χ1n) is 23.3. The summed E-state index contributed by atoms with van der Waals surface area (Å²) in [5.41, 5.74) is 12.8. The first-order chi connectivity index (χ1) is 32.4. The van der Waals surface area contributed by atoms with Crippen molar-refractivity contribution in [1.29, 1.82) is 0 Å². The molecule has 2 aliphatic rings. The molecule has 13 rings (SSSR count). The molecule has 0 radical (unpaired) electrons. The van der Waals surface area contributed by atoms with E-state index in [-0.39, 0.29) is 30.2 Å². The zero-order valence-corrected chi connectivity index (χ0v) is 32.9. The van der Waals surface area contributed by atoms with E-state index in [4.69, 9.17) is 0 Å². The Kier molecular flexibility index (Phi) is 6.26. The predicted octanol–water partition coefficient (Wildman–Crippen LogP) is 15.4. The molecular weight excluding hydrogens is 737 g/mol. The lowest BCUT2D eigenvalue weighted by Crippen LogP contribution is -2.32. The molecule has 61 heavy (non-hydrogen) atoms. The van der Waals surface area contributed by atoms with Crippen molar-refractivity contribution in [3.63, 3.8) is 0 Å². The molecule has 2 heteroatoms. The molecular formula is C59H38N2. The van der Waals surface area contributed by atoms with Crippen LogP contribution in [0.1, 0.15) is 29.1 Å². The number of benzene rings is 10. The van der Waals surface area contributed by atoms with Gasteiger partial charge in [0.2, 0.25) is 0 Å². The molecule has 2 nitrogen and oxygen atoms in total. The first kappa shape index (κ1) is 29.3. The van der Waals surface area contributed by atoms with Crippen LogP contribution in [0.4, 0.5) is 17.1 Å². The molecule has 0 aliphatic heterocycles. The highest BCUT2D eigenvalue weighted by molar-refractivity contribution is 6.14. The first-order valence-corrected chi connectivity index (χ1v) is 20.8. The number of hydrogen-bond acceptors (Lipinski definition) is 1. The van der Waals surface area contributed by atoms with E-state index in [0.717, 1.165) is 83.4 Å². The van der Waals surface area contributed by atoms with Gasteiger partial charge in [-0.05, 0) is 116 Å². The number of nitrogens with zero attached hydrogens (tertiary/aromatic N) is 2. The third-order valence-corrected chi connectivity index (χ3v) is 13.0. The summed E-state index contributed by atoms with van der Waals surface area (Å²) >= 11 is 0. The molecule has 0 fully saturated rings. The van der Waals surface area contributed by atoms with Crippen LogP contribution >= 0.6 is 0 Å². The topological polar surface area (TPSA) is 8.17 Å². The lowest BCUT2D eigenvalue weighted by molar-refractivity contribution is 0.773. The van der Waals surface area contributed by atoms with Gasteiger partial charge < -0.3 is 9.47 Å². The molecule has 1 aromatic heterocycles. The van der Waals surface area contributed by atoms with Crippen LogP contribution in [-0.2, 0) is 5.41 Å². The Morgan fingerprint density at radius 2 is 0.951 bits per heavy atom. The fourth-order valence-corrected chi connectivity index (χ4v) is 10.5. The summed E-state index contributed by atoms with van der Waals surface area (Å²) in [5.74, 6) is 0. The van der Waals surface area contributed by atoms with E-state index in [1.54, 1.807) is 0 Å². The summed E-state index contributed by atoms with van der Waals surface area (Å²) in [6, 6.07) is 67.8. The van der Waals surface area contributed by atoms with Crippen LogP contribution in [-0.4, -0.2) is 4.57 Å². The average Bonchev–Trinajstić information content (AvgIpc) is 3.86. The van der Waals surface area contributed by atoms with Gasteiger partial charge in [0.1, 0.15) is 0 Å². The third-order valence-electron chi connectivity index (χ3n) is 13.0. The molecule has 0 saturated heterocycles. The number of anilines is 3. The standard InChI is InChI=1S/C59H38N2/c1-3-16-39(17-4-1)40-30-32-42(33-31-40)60(43-34-36-57-50(38-43)47-23-10-14-29-55(47)61(57)41-18-5-2-6-19-41)56-37-35-54-58-48(24-15-25-49(56)58)46-22-9-13-28-53(46)59(54)51-26-11-7-20-44(51)45-21-8-12-27-52(45)59/h1-38H/i15D,24D,25D,35D,37D. The molecule has 10 aromatic carbocycles. The van der Waals surface area contributed by atoms with Crippen LogP contribution in [0.5, 0.6) is 0 Å². The molecule has 0 atom stereocenters. The molecule has 0 N–H and O–H groups in total. The summed E-state index contributed by atoms with van der Waals surface area (Å²) in [6.45, 7) is 0. The van der Waals surface area contributed by atoms with Gasteiger partial charge in [-0.2, -0.15) is 0 Å². The van der Waals surface area contributed by atoms with E-state index in [1.165, 1.54) is 0 Å². The number of fused-ring (bicyclic) bond motifs is 12. The third kappa shape index (κ3) is 4.73. The second-order valence-corrected chi connectivity index (χ2v) is 16.0. The van der Waals surface area contributed by atoms with Gasteiger partial charge in [-0.1, -0.05) is 176 Å². The van der Waals surface area contributed by atoms with E-state index in [1.807, 2.05) is 95.9 Å². The Morgan fingerprint density at radius 1 is 0.393 bits per heavy atom. The maximum atomic E-state index is 10.5. The van der Waals surface area contributed by atoms with E-state index in [2.05, 4.69) is 114 Å². The average molecular weight is 780 g/mol. The van der Waals surface area contributed by atoms with Crippen LogP contribution in [0.25, 0.3) is 71.6 Å².